The molecule has 1 aliphatic carbocycles. The zero-order chi connectivity index (χ0) is 21.3. The molecule has 9 heteroatoms. The second kappa shape index (κ2) is 8.00. The van der Waals surface area contributed by atoms with E-state index in [1.165, 1.54) is 18.1 Å². The molecule has 1 aromatic carbocycles. The average Bonchev–Trinajstić information content (AvgIpc) is 3.18. The predicted octanol–water partition coefficient (Wildman–Crippen LogP) is 2.56. The number of aromatic nitrogens is 3. The highest BCUT2D eigenvalue weighted by Crippen LogP contribution is 2.24. The molecule has 0 saturated carbocycles. The molecule has 0 saturated heterocycles. The van der Waals surface area contributed by atoms with Crippen molar-refractivity contribution in [2.75, 3.05) is 14.1 Å². The number of aryl methyl sites for hydroxylation is 2. The molecule has 0 fully saturated rings. The Hall–Kier alpha value is -3.04. The first-order valence-corrected chi connectivity index (χ1v) is 11.0. The standard InChI is InChI=1S/C21H22N4O4S/c1-24(2)30(27,28)25-14-18(15-8-4-3-5-9-15)22-19(25)12-13-20-23-17-11-7-6-10-16(17)21(26)29-20/h3-4,6-8,10-11,14H,5,9,12-13H2,1-2H3. The molecule has 2 heterocycles. The molecule has 3 aromatic rings. The lowest BCUT2D eigenvalue weighted by Gasteiger charge is -2.14. The molecule has 30 heavy (non-hydrogen) atoms. The van der Waals surface area contributed by atoms with Crippen LogP contribution in [0.15, 0.2) is 57.9 Å². The highest BCUT2D eigenvalue weighted by atomic mass is 32.2. The first-order chi connectivity index (χ1) is 14.4. The van der Waals surface area contributed by atoms with Gasteiger partial charge in [-0.05, 0) is 30.5 Å². The number of nitrogens with zero attached hydrogens (tertiary/aromatic N) is 4. The third-order valence-corrected chi connectivity index (χ3v) is 6.67. The Balaban J connectivity index is 1.69. The topological polar surface area (TPSA) is 98.3 Å². The van der Waals surface area contributed by atoms with Crippen molar-refractivity contribution >= 4 is 26.7 Å². The van der Waals surface area contributed by atoms with Gasteiger partial charge in [-0.1, -0.05) is 30.4 Å². The molecule has 2 aromatic heterocycles. The highest BCUT2D eigenvalue weighted by Gasteiger charge is 2.23. The first-order valence-electron chi connectivity index (χ1n) is 9.62. The third-order valence-electron chi connectivity index (χ3n) is 4.94. The van der Waals surface area contributed by atoms with E-state index in [2.05, 4.69) is 16.0 Å². The van der Waals surface area contributed by atoms with E-state index >= 15 is 0 Å². The summed E-state index contributed by atoms with van der Waals surface area (Å²) in [5.74, 6) is 0.614. The van der Waals surface area contributed by atoms with Gasteiger partial charge in [0.2, 0.25) is 0 Å². The number of imidazole rings is 1. The number of benzene rings is 1. The fourth-order valence-corrected chi connectivity index (χ4v) is 4.29. The van der Waals surface area contributed by atoms with E-state index in [1.54, 1.807) is 30.5 Å². The van der Waals surface area contributed by atoms with Crippen LogP contribution in [0, 0.1) is 0 Å². The SMILES string of the molecule is CN(C)S(=O)(=O)n1cc(C2=CC=CCC2)nc1CCc1nc2ccccc2c(=O)o1. The quantitative estimate of drug-likeness (QED) is 0.601. The molecule has 0 N–H and O–H groups in total. The first kappa shape index (κ1) is 20.2. The van der Waals surface area contributed by atoms with Crippen LogP contribution in [0.25, 0.3) is 16.5 Å². The van der Waals surface area contributed by atoms with Crippen LogP contribution in [0.2, 0.25) is 0 Å². The molecule has 0 atom stereocenters. The summed E-state index contributed by atoms with van der Waals surface area (Å²) >= 11 is 0. The molecule has 0 spiro atoms. The summed E-state index contributed by atoms with van der Waals surface area (Å²) in [4.78, 5) is 21.2. The molecule has 0 radical (unpaired) electrons. The zero-order valence-corrected chi connectivity index (χ0v) is 17.6. The van der Waals surface area contributed by atoms with Gasteiger partial charge in [0.1, 0.15) is 5.82 Å². The van der Waals surface area contributed by atoms with E-state index in [9.17, 15) is 13.2 Å². The lowest BCUT2D eigenvalue weighted by Crippen LogP contribution is -2.29. The van der Waals surface area contributed by atoms with Crippen molar-refractivity contribution in [3.05, 3.63) is 76.5 Å². The third kappa shape index (κ3) is 3.86. The fourth-order valence-electron chi connectivity index (χ4n) is 3.30. The Kier molecular flexibility index (Phi) is 5.40. The molecule has 0 aliphatic heterocycles. The van der Waals surface area contributed by atoms with Crippen LogP contribution in [0.1, 0.15) is 30.3 Å². The van der Waals surface area contributed by atoms with Crippen molar-refractivity contribution in [3.8, 4) is 0 Å². The summed E-state index contributed by atoms with van der Waals surface area (Å²) in [6.07, 6.45) is 9.71. The van der Waals surface area contributed by atoms with E-state index in [-0.39, 0.29) is 18.7 Å². The van der Waals surface area contributed by atoms with Crippen molar-refractivity contribution in [3.63, 3.8) is 0 Å². The Morgan fingerprint density at radius 3 is 2.70 bits per heavy atom. The van der Waals surface area contributed by atoms with Crippen LogP contribution >= 0.6 is 0 Å². The smallest absolute Gasteiger partial charge is 0.346 e. The zero-order valence-electron chi connectivity index (χ0n) is 16.8. The maximum Gasteiger partial charge on any atom is 0.346 e. The molecular formula is C21H22N4O4S. The summed E-state index contributed by atoms with van der Waals surface area (Å²) in [6.45, 7) is 0. The van der Waals surface area contributed by atoms with Crippen LogP contribution in [0.5, 0.6) is 0 Å². The van der Waals surface area contributed by atoms with Gasteiger partial charge in [-0.25, -0.2) is 18.7 Å². The maximum atomic E-state index is 12.8. The average molecular weight is 426 g/mol. The van der Waals surface area contributed by atoms with Gasteiger partial charge in [-0.15, -0.1) is 0 Å². The van der Waals surface area contributed by atoms with Crippen molar-refractivity contribution in [1.29, 1.82) is 0 Å². The van der Waals surface area contributed by atoms with Crippen LogP contribution in [0.4, 0.5) is 0 Å². The second-order valence-electron chi connectivity index (χ2n) is 7.20. The van der Waals surface area contributed by atoms with Gasteiger partial charge in [0.25, 0.3) is 0 Å². The van der Waals surface area contributed by atoms with E-state index in [0.29, 0.717) is 22.4 Å². The summed E-state index contributed by atoms with van der Waals surface area (Å²) in [7, 11) is -0.788. The summed E-state index contributed by atoms with van der Waals surface area (Å²) in [6, 6.07) is 6.95. The summed E-state index contributed by atoms with van der Waals surface area (Å²) in [5.41, 5.74) is 1.71. The number of fused-ring (bicyclic) bond motifs is 1. The maximum absolute atomic E-state index is 12.8. The normalized spacial score (nSPS) is 14.4. The van der Waals surface area contributed by atoms with E-state index in [1.807, 2.05) is 12.2 Å². The molecule has 0 unspecified atom stereocenters. The minimum absolute atomic E-state index is 0.247. The minimum Gasteiger partial charge on any atom is -0.408 e. The molecule has 4 rings (SSSR count). The van der Waals surface area contributed by atoms with E-state index in [0.717, 1.165) is 22.7 Å². The lowest BCUT2D eigenvalue weighted by molar-refractivity contribution is 0.441. The lowest BCUT2D eigenvalue weighted by atomic mass is 10.0. The molecule has 1 aliphatic rings. The Morgan fingerprint density at radius 2 is 1.97 bits per heavy atom. The van der Waals surface area contributed by atoms with Crippen molar-refractivity contribution in [2.45, 2.75) is 25.7 Å². The minimum atomic E-state index is -3.74. The second-order valence-corrected chi connectivity index (χ2v) is 9.22. The number of para-hydroxylation sites is 1. The van der Waals surface area contributed by atoms with E-state index < -0.39 is 15.8 Å². The van der Waals surface area contributed by atoms with Crippen LogP contribution < -0.4 is 5.63 Å². The summed E-state index contributed by atoms with van der Waals surface area (Å²) in [5, 5.41) is 0.414. The summed E-state index contributed by atoms with van der Waals surface area (Å²) < 4.78 is 33.3. The Bertz CT molecular complexity index is 1320. The fraction of sp³-hybridized carbons (Fsp3) is 0.286. The van der Waals surface area contributed by atoms with Gasteiger partial charge in [0.05, 0.1) is 16.6 Å². The van der Waals surface area contributed by atoms with Crippen LogP contribution in [-0.4, -0.2) is 40.8 Å². The van der Waals surface area contributed by atoms with Gasteiger partial charge in [0, 0.05) is 33.1 Å². The molecule has 0 amide bonds. The largest absolute Gasteiger partial charge is 0.408 e. The van der Waals surface area contributed by atoms with Crippen molar-refractivity contribution < 1.29 is 12.8 Å². The Labute approximate surface area is 174 Å². The predicted molar refractivity (Wildman–Crippen MR) is 114 cm³/mol. The monoisotopic (exact) mass is 426 g/mol. The highest BCUT2D eigenvalue weighted by molar-refractivity contribution is 7.87. The van der Waals surface area contributed by atoms with Crippen molar-refractivity contribution in [2.24, 2.45) is 0 Å². The molecular weight excluding hydrogens is 404 g/mol. The number of hydrogen-bond donors (Lipinski definition) is 0. The van der Waals surface area contributed by atoms with E-state index in [4.69, 9.17) is 4.42 Å². The van der Waals surface area contributed by atoms with Gasteiger partial charge < -0.3 is 4.42 Å². The number of rotatable bonds is 6. The van der Waals surface area contributed by atoms with Gasteiger partial charge in [-0.3, -0.25) is 0 Å². The molecule has 8 nitrogen and oxygen atoms in total. The van der Waals surface area contributed by atoms with Gasteiger partial charge in [0.15, 0.2) is 5.89 Å². The molecule has 0 bridgehead atoms. The van der Waals surface area contributed by atoms with Crippen LogP contribution in [0.3, 0.4) is 0 Å². The van der Waals surface area contributed by atoms with Gasteiger partial charge in [-0.2, -0.15) is 12.7 Å². The molecule has 156 valence electrons. The van der Waals surface area contributed by atoms with Crippen molar-refractivity contribution in [1.82, 2.24) is 18.2 Å². The van der Waals surface area contributed by atoms with Gasteiger partial charge >= 0.3 is 15.8 Å². The number of hydrogen-bond acceptors (Lipinski definition) is 6. The Morgan fingerprint density at radius 1 is 1.17 bits per heavy atom. The number of allylic oxidation sites excluding steroid dienone is 4. The van der Waals surface area contributed by atoms with Crippen LogP contribution in [-0.2, 0) is 23.1 Å².